The predicted molar refractivity (Wildman–Crippen MR) is 48.5 cm³/mol. The Bertz CT molecular complexity index is 132. The lowest BCUT2D eigenvalue weighted by Crippen LogP contribution is -2.55. The highest BCUT2D eigenvalue weighted by molar-refractivity contribution is 4.92. The zero-order valence-corrected chi connectivity index (χ0v) is 7.85. The Balaban J connectivity index is 2.51. The van der Waals surface area contributed by atoms with Gasteiger partial charge in [-0.2, -0.15) is 0 Å². The van der Waals surface area contributed by atoms with Gasteiger partial charge < -0.3 is 11.1 Å². The van der Waals surface area contributed by atoms with Crippen molar-refractivity contribution in [3.8, 4) is 0 Å². The third kappa shape index (κ3) is 2.46. The van der Waals surface area contributed by atoms with E-state index in [1.165, 1.54) is 6.42 Å². The Hall–Kier alpha value is -0.0800. The van der Waals surface area contributed by atoms with Gasteiger partial charge in [-0.3, -0.25) is 0 Å². The molecule has 1 saturated heterocycles. The van der Waals surface area contributed by atoms with E-state index in [-0.39, 0.29) is 5.54 Å². The van der Waals surface area contributed by atoms with E-state index in [1.807, 2.05) is 0 Å². The van der Waals surface area contributed by atoms with Crippen molar-refractivity contribution in [2.75, 3.05) is 0 Å². The fourth-order valence-corrected chi connectivity index (χ4v) is 2.04. The second-order valence-corrected chi connectivity index (χ2v) is 4.33. The Morgan fingerprint density at radius 3 is 2.64 bits per heavy atom. The molecular weight excluding hydrogens is 136 g/mol. The highest BCUT2D eigenvalue weighted by Gasteiger charge is 2.30. The van der Waals surface area contributed by atoms with Gasteiger partial charge in [0.2, 0.25) is 0 Å². The smallest absolute Gasteiger partial charge is 0.0142 e. The van der Waals surface area contributed by atoms with Crippen LogP contribution in [0.1, 0.15) is 40.0 Å². The minimum absolute atomic E-state index is 0.248. The maximum absolute atomic E-state index is 5.94. The largest absolute Gasteiger partial charge is 0.328 e. The third-order valence-corrected chi connectivity index (χ3v) is 2.45. The van der Waals surface area contributed by atoms with Gasteiger partial charge in [0.1, 0.15) is 0 Å². The summed E-state index contributed by atoms with van der Waals surface area (Å²) in [6, 6.07) is 1.03. The number of hydrogen-bond acceptors (Lipinski definition) is 2. The van der Waals surface area contributed by atoms with Crippen molar-refractivity contribution in [1.82, 2.24) is 5.32 Å². The van der Waals surface area contributed by atoms with Crippen molar-refractivity contribution in [3.05, 3.63) is 0 Å². The number of nitrogens with one attached hydrogen (secondary N) is 1. The number of hydrogen-bond donors (Lipinski definition) is 2. The topological polar surface area (TPSA) is 38.0 Å². The summed E-state index contributed by atoms with van der Waals surface area (Å²) in [6.45, 7) is 6.68. The monoisotopic (exact) mass is 156 g/mol. The lowest BCUT2D eigenvalue weighted by atomic mass is 9.85. The van der Waals surface area contributed by atoms with Crippen LogP contribution >= 0.6 is 0 Å². The van der Waals surface area contributed by atoms with Crippen molar-refractivity contribution in [2.45, 2.75) is 57.7 Å². The molecule has 2 heteroatoms. The fraction of sp³-hybridized carbons (Fsp3) is 1.00. The average Bonchev–Trinajstić information content (AvgIpc) is 1.83. The zero-order valence-electron chi connectivity index (χ0n) is 7.85. The number of rotatable bonds is 1. The molecule has 2 unspecified atom stereocenters. The van der Waals surface area contributed by atoms with Crippen LogP contribution in [0.2, 0.25) is 0 Å². The van der Waals surface area contributed by atoms with Gasteiger partial charge in [-0.05, 0) is 33.1 Å². The molecule has 0 saturated carbocycles. The molecule has 0 spiro atoms. The average molecular weight is 156 g/mol. The lowest BCUT2D eigenvalue weighted by molar-refractivity contribution is 0.216. The molecule has 0 bridgehead atoms. The number of piperidine rings is 1. The molecular formula is C9H20N2. The van der Waals surface area contributed by atoms with E-state index >= 15 is 0 Å². The quantitative estimate of drug-likeness (QED) is 0.599. The molecule has 1 heterocycles. The Kier molecular flexibility index (Phi) is 2.55. The summed E-state index contributed by atoms with van der Waals surface area (Å²) < 4.78 is 0. The van der Waals surface area contributed by atoms with E-state index in [0.717, 1.165) is 12.8 Å². The van der Waals surface area contributed by atoms with Crippen LogP contribution in [0, 0.1) is 0 Å². The van der Waals surface area contributed by atoms with Crippen molar-refractivity contribution >= 4 is 0 Å². The molecule has 0 aromatic rings. The summed E-state index contributed by atoms with van der Waals surface area (Å²) in [6.07, 6.45) is 3.43. The molecule has 1 fully saturated rings. The molecule has 66 valence electrons. The summed E-state index contributed by atoms with van der Waals surface area (Å²) in [4.78, 5) is 0. The molecule has 2 atom stereocenters. The molecule has 0 radical (unpaired) electrons. The Labute approximate surface area is 69.5 Å². The van der Waals surface area contributed by atoms with Gasteiger partial charge in [0, 0.05) is 17.6 Å². The van der Waals surface area contributed by atoms with Crippen LogP contribution in [0.25, 0.3) is 0 Å². The Morgan fingerprint density at radius 1 is 1.55 bits per heavy atom. The second-order valence-electron chi connectivity index (χ2n) is 4.33. The van der Waals surface area contributed by atoms with E-state index in [9.17, 15) is 0 Å². The van der Waals surface area contributed by atoms with Crippen LogP contribution in [0.5, 0.6) is 0 Å². The molecule has 0 aromatic heterocycles. The highest BCUT2D eigenvalue weighted by atomic mass is 15.0. The zero-order chi connectivity index (χ0) is 8.48. The van der Waals surface area contributed by atoms with Crippen LogP contribution in [0.15, 0.2) is 0 Å². The van der Waals surface area contributed by atoms with E-state index in [4.69, 9.17) is 5.73 Å². The normalized spacial score (nSPS) is 37.1. The van der Waals surface area contributed by atoms with Crippen LogP contribution in [0.3, 0.4) is 0 Å². The summed E-state index contributed by atoms with van der Waals surface area (Å²) >= 11 is 0. The van der Waals surface area contributed by atoms with Gasteiger partial charge in [-0.25, -0.2) is 0 Å². The molecule has 1 rings (SSSR count). The van der Waals surface area contributed by atoms with Crippen LogP contribution in [-0.2, 0) is 0 Å². The van der Waals surface area contributed by atoms with Crippen molar-refractivity contribution in [1.29, 1.82) is 0 Å². The summed E-state index contributed by atoms with van der Waals surface area (Å²) in [7, 11) is 0. The minimum Gasteiger partial charge on any atom is -0.328 e. The van der Waals surface area contributed by atoms with Crippen LogP contribution in [-0.4, -0.2) is 17.6 Å². The van der Waals surface area contributed by atoms with Crippen molar-refractivity contribution in [3.63, 3.8) is 0 Å². The van der Waals surface area contributed by atoms with Gasteiger partial charge in [-0.1, -0.05) is 6.92 Å². The summed E-state index contributed by atoms with van der Waals surface area (Å²) in [5.74, 6) is 0. The molecule has 0 aliphatic carbocycles. The van der Waals surface area contributed by atoms with Gasteiger partial charge in [0.25, 0.3) is 0 Å². The molecule has 11 heavy (non-hydrogen) atoms. The van der Waals surface area contributed by atoms with Gasteiger partial charge in [0.05, 0.1) is 0 Å². The molecule has 0 aromatic carbocycles. The molecule has 1 aliphatic rings. The van der Waals surface area contributed by atoms with E-state index < -0.39 is 0 Å². The van der Waals surface area contributed by atoms with E-state index in [1.54, 1.807) is 0 Å². The first-order chi connectivity index (χ1) is 5.03. The molecule has 2 nitrogen and oxygen atoms in total. The third-order valence-electron chi connectivity index (χ3n) is 2.45. The van der Waals surface area contributed by atoms with Crippen LogP contribution in [0.4, 0.5) is 0 Å². The summed E-state index contributed by atoms with van der Waals surface area (Å²) in [5, 5.41) is 3.59. The lowest BCUT2D eigenvalue weighted by Gasteiger charge is -2.40. The number of nitrogens with two attached hydrogens (primary N) is 1. The fourth-order valence-electron chi connectivity index (χ4n) is 2.04. The summed E-state index contributed by atoms with van der Waals surface area (Å²) in [5.41, 5.74) is 6.18. The highest BCUT2D eigenvalue weighted by Crippen LogP contribution is 2.21. The SMILES string of the molecule is CCC1CC(N)CC(C)(C)N1. The maximum Gasteiger partial charge on any atom is 0.0142 e. The first-order valence-electron chi connectivity index (χ1n) is 4.57. The molecule has 3 N–H and O–H groups in total. The van der Waals surface area contributed by atoms with Crippen LogP contribution < -0.4 is 11.1 Å². The first-order valence-corrected chi connectivity index (χ1v) is 4.57. The van der Waals surface area contributed by atoms with E-state index in [0.29, 0.717) is 12.1 Å². The first kappa shape index (κ1) is 9.01. The minimum atomic E-state index is 0.248. The predicted octanol–water partition coefficient (Wildman–Crippen LogP) is 1.25. The Morgan fingerprint density at radius 2 is 2.18 bits per heavy atom. The van der Waals surface area contributed by atoms with E-state index in [2.05, 4.69) is 26.1 Å². The van der Waals surface area contributed by atoms with Crippen molar-refractivity contribution < 1.29 is 0 Å². The van der Waals surface area contributed by atoms with Gasteiger partial charge in [0.15, 0.2) is 0 Å². The maximum atomic E-state index is 5.94. The standard InChI is InChI=1S/C9H20N2/c1-4-8-5-7(10)6-9(2,3)11-8/h7-8,11H,4-6,10H2,1-3H3. The van der Waals surface area contributed by atoms with Crippen molar-refractivity contribution in [2.24, 2.45) is 5.73 Å². The van der Waals surface area contributed by atoms with Gasteiger partial charge in [-0.15, -0.1) is 0 Å². The second kappa shape index (κ2) is 3.11. The molecule has 1 aliphatic heterocycles. The molecule has 0 amide bonds. The van der Waals surface area contributed by atoms with Gasteiger partial charge >= 0.3 is 0 Å².